The van der Waals surface area contributed by atoms with Crippen LogP contribution in [0.1, 0.15) is 105 Å². The van der Waals surface area contributed by atoms with E-state index in [4.69, 9.17) is 0 Å². The molecule has 354 valence electrons. The van der Waals surface area contributed by atoms with Crippen molar-refractivity contribution in [3.05, 3.63) is 299 Å². The minimum atomic E-state index is 0.691. The third kappa shape index (κ3) is 12.8. The van der Waals surface area contributed by atoms with Crippen LogP contribution >= 0.6 is 0 Å². The number of allylic oxidation sites excluding steroid dienone is 12. The molecule has 0 unspecified atom stereocenters. The molecular weight excluding hydrogens is 877 g/mol. The van der Waals surface area contributed by atoms with Crippen molar-refractivity contribution in [3.8, 4) is 47.4 Å². The van der Waals surface area contributed by atoms with Crippen molar-refractivity contribution < 1.29 is 0 Å². The summed E-state index contributed by atoms with van der Waals surface area (Å²) in [5.41, 5.74) is 24.0. The van der Waals surface area contributed by atoms with E-state index in [0.717, 1.165) is 106 Å². The van der Waals surface area contributed by atoms with Gasteiger partial charge >= 0.3 is 0 Å². The van der Waals surface area contributed by atoms with Crippen molar-refractivity contribution in [1.82, 2.24) is 0 Å². The zero-order valence-electron chi connectivity index (χ0n) is 44.0. The molecule has 0 saturated carbocycles. The number of rotatable bonds is 6. The van der Waals surface area contributed by atoms with Crippen LogP contribution in [0.4, 0.5) is 0 Å². The van der Waals surface area contributed by atoms with E-state index in [0.29, 0.717) is 6.42 Å². The zero-order chi connectivity index (χ0) is 51.4. The summed E-state index contributed by atoms with van der Waals surface area (Å²) < 4.78 is 0. The topological polar surface area (TPSA) is 0 Å². The Morgan fingerprint density at radius 2 is 0.548 bits per heavy atom. The van der Waals surface area contributed by atoms with Crippen LogP contribution in [-0.2, 0) is 0 Å². The number of aryl methyl sites for hydroxylation is 7. The first kappa shape index (κ1) is 50.6. The molecule has 0 radical (unpaired) electrons. The third-order valence-electron chi connectivity index (χ3n) is 12.9. The molecule has 0 nitrogen and oxygen atoms in total. The molecule has 8 rings (SSSR count). The fraction of sp³-hybridized carbons (Fsp3) is 0.151. The van der Waals surface area contributed by atoms with Gasteiger partial charge in [-0.1, -0.05) is 232 Å². The second-order valence-corrected chi connectivity index (χ2v) is 19.4. The van der Waals surface area contributed by atoms with Crippen LogP contribution in [0.25, 0.3) is 16.7 Å². The summed E-state index contributed by atoms with van der Waals surface area (Å²) in [6.07, 6.45) is 5.17. The van der Waals surface area contributed by atoms with E-state index in [1.54, 1.807) is 0 Å². The molecule has 7 aromatic carbocycles. The van der Waals surface area contributed by atoms with Crippen LogP contribution in [0.15, 0.2) is 221 Å². The predicted molar refractivity (Wildman–Crippen MR) is 311 cm³/mol. The highest BCUT2D eigenvalue weighted by atomic mass is 14.3. The highest BCUT2D eigenvalue weighted by Crippen LogP contribution is 2.48. The molecule has 0 amide bonds. The minimum Gasteiger partial charge on any atom is -0.0764 e. The lowest BCUT2D eigenvalue weighted by Gasteiger charge is -2.27. The van der Waals surface area contributed by atoms with Gasteiger partial charge in [0.25, 0.3) is 0 Å². The monoisotopic (exact) mass is 938 g/mol. The lowest BCUT2D eigenvalue weighted by atomic mass is 9.73. The maximum Gasteiger partial charge on any atom is 0.0431 e. The maximum absolute atomic E-state index is 3.93. The third-order valence-corrected chi connectivity index (χ3v) is 12.9. The molecule has 0 fully saturated rings. The van der Waals surface area contributed by atoms with Gasteiger partial charge in [0.2, 0.25) is 0 Å². The Morgan fingerprint density at radius 3 is 0.836 bits per heavy atom. The van der Waals surface area contributed by atoms with Gasteiger partial charge in [0.1, 0.15) is 0 Å². The second kappa shape index (κ2) is 23.4. The normalized spacial score (nSPS) is 16.5. The summed E-state index contributed by atoms with van der Waals surface area (Å²) in [7, 11) is 0. The predicted octanol–water partition coefficient (Wildman–Crippen LogP) is 17.3. The van der Waals surface area contributed by atoms with Gasteiger partial charge in [-0.3, -0.25) is 0 Å². The zero-order valence-corrected chi connectivity index (χ0v) is 44.0. The van der Waals surface area contributed by atoms with Crippen molar-refractivity contribution >= 4 is 16.7 Å². The van der Waals surface area contributed by atoms with Crippen LogP contribution in [-0.4, -0.2) is 0 Å². The van der Waals surface area contributed by atoms with Crippen molar-refractivity contribution in [2.75, 3.05) is 0 Å². The van der Waals surface area contributed by atoms with E-state index in [9.17, 15) is 0 Å². The number of hydrogen-bond acceptors (Lipinski definition) is 0. The molecule has 7 aromatic rings. The van der Waals surface area contributed by atoms with E-state index in [2.05, 4.69) is 299 Å². The molecule has 0 heterocycles. The van der Waals surface area contributed by atoms with Gasteiger partial charge in [-0.25, -0.2) is 0 Å². The van der Waals surface area contributed by atoms with Gasteiger partial charge in [0.15, 0.2) is 0 Å². The fourth-order valence-electron chi connectivity index (χ4n) is 8.58. The number of benzene rings is 7. The molecule has 73 heavy (non-hydrogen) atoms. The lowest BCUT2D eigenvalue weighted by Crippen LogP contribution is -2.11. The van der Waals surface area contributed by atoms with Crippen molar-refractivity contribution in [1.29, 1.82) is 0 Å². The Hall–Kier alpha value is -8.78. The standard InChI is InChI=1S/C73H62/c1-11-62(39-12-50(2)3)70-66(46-35-58-27-13-51(4)14-28-58)71(63-40-21-55(8)22-41-63)68(48-37-60-31-17-53(6)18-32-60)73(65-44-25-57(10)26-45-65)69(49-38-61-33-19-54(7)20-34-61)72(64-42-23-56(9)24-43-64)67(70)47-36-59-29-15-52(5)16-30-59/h12-34,39-45H,11H2,1-10H3/b62-39+,70-66-,70-67?,71-66?,71-68-,72-67-,72-69?,73-68?,73-69-. The van der Waals surface area contributed by atoms with Crippen LogP contribution in [0, 0.1) is 95.8 Å². The van der Waals surface area contributed by atoms with Gasteiger partial charge in [0, 0.05) is 66.8 Å². The molecule has 0 atom stereocenters. The molecule has 0 spiro atoms. The van der Waals surface area contributed by atoms with Gasteiger partial charge in [-0.05, 0) is 140 Å². The Balaban J connectivity index is 1.75. The molecule has 0 heteroatoms. The average Bonchev–Trinajstić information content (AvgIpc) is 3.38. The molecule has 0 bridgehead atoms. The van der Waals surface area contributed by atoms with Crippen molar-refractivity contribution in [3.63, 3.8) is 0 Å². The van der Waals surface area contributed by atoms with Crippen LogP contribution in [0.2, 0.25) is 0 Å². The van der Waals surface area contributed by atoms with E-state index >= 15 is 0 Å². The summed E-state index contributed by atoms with van der Waals surface area (Å²) in [6, 6.07) is 60.4. The first-order valence-corrected chi connectivity index (χ1v) is 25.2. The second-order valence-electron chi connectivity index (χ2n) is 19.4. The summed E-state index contributed by atoms with van der Waals surface area (Å²) >= 11 is 0. The fourth-order valence-corrected chi connectivity index (χ4v) is 8.58. The van der Waals surface area contributed by atoms with Crippen LogP contribution < -0.4 is 0 Å². The Morgan fingerprint density at radius 1 is 0.301 bits per heavy atom. The van der Waals surface area contributed by atoms with Gasteiger partial charge in [0.05, 0.1) is 0 Å². The minimum absolute atomic E-state index is 0.691. The van der Waals surface area contributed by atoms with Gasteiger partial charge < -0.3 is 0 Å². The Bertz CT molecular complexity index is 3590. The highest BCUT2D eigenvalue weighted by molar-refractivity contribution is 6.11. The van der Waals surface area contributed by atoms with E-state index < -0.39 is 0 Å². The van der Waals surface area contributed by atoms with Gasteiger partial charge in [-0.2, -0.15) is 0 Å². The first-order valence-electron chi connectivity index (χ1n) is 25.2. The number of hydrogen-bond donors (Lipinski definition) is 0. The highest BCUT2D eigenvalue weighted by Gasteiger charge is 2.31. The average molecular weight is 939 g/mol. The summed E-state index contributed by atoms with van der Waals surface area (Å²) in [6.45, 7) is 21.4. The van der Waals surface area contributed by atoms with Crippen LogP contribution in [0.3, 0.4) is 0 Å². The Kier molecular flexibility index (Phi) is 16.2. The molecule has 0 aliphatic heterocycles. The molecule has 0 aromatic heterocycles. The molecule has 1 aliphatic rings. The van der Waals surface area contributed by atoms with Gasteiger partial charge in [-0.15, -0.1) is 0 Å². The van der Waals surface area contributed by atoms with Crippen molar-refractivity contribution in [2.24, 2.45) is 0 Å². The van der Waals surface area contributed by atoms with E-state index in [1.807, 2.05) is 0 Å². The van der Waals surface area contributed by atoms with Crippen molar-refractivity contribution in [2.45, 2.75) is 75.7 Å². The molecule has 1 aliphatic carbocycles. The molecule has 0 saturated heterocycles. The SMILES string of the molecule is CCC(=C\C=C(C)C)/C1=C(C#Cc2ccc(C)cc2)/C(c2ccc(C)cc2)=C(C#Cc2ccc(C)cc2)\C(c2ccc(C)cc2)=C(C#Cc2ccc(C)cc2)/C(c2ccc(C)cc2)=C\1C#Cc1ccc(C)cc1. The lowest BCUT2D eigenvalue weighted by molar-refractivity contribution is 1.11. The van der Waals surface area contributed by atoms with E-state index in [-0.39, 0.29) is 0 Å². The van der Waals surface area contributed by atoms with Crippen LogP contribution in [0.5, 0.6) is 0 Å². The van der Waals surface area contributed by atoms with E-state index in [1.165, 1.54) is 27.8 Å². The first-order chi connectivity index (χ1) is 35.3. The summed E-state index contributed by atoms with van der Waals surface area (Å²) in [5.74, 6) is 30.6. The summed E-state index contributed by atoms with van der Waals surface area (Å²) in [4.78, 5) is 0. The molecular formula is C73H62. The molecule has 0 N–H and O–H groups in total. The largest absolute Gasteiger partial charge is 0.0764 e. The summed E-state index contributed by atoms with van der Waals surface area (Å²) in [5, 5.41) is 0. The Labute approximate surface area is 436 Å². The quantitative estimate of drug-likeness (QED) is 0.115. The smallest absolute Gasteiger partial charge is 0.0431 e. The maximum atomic E-state index is 3.93.